The van der Waals surface area contributed by atoms with Gasteiger partial charge in [-0.2, -0.15) is 5.10 Å². The molecule has 0 N–H and O–H groups in total. The summed E-state index contributed by atoms with van der Waals surface area (Å²) in [6.45, 7) is 0. The Bertz CT molecular complexity index is 736. The first-order chi connectivity index (χ1) is 9.05. The summed E-state index contributed by atoms with van der Waals surface area (Å²) in [5, 5.41) is 4.28. The summed E-state index contributed by atoms with van der Waals surface area (Å²) >= 11 is 0. The van der Waals surface area contributed by atoms with E-state index in [-0.39, 0.29) is 17.4 Å². The van der Waals surface area contributed by atoms with Gasteiger partial charge in [-0.3, -0.25) is 4.79 Å². The van der Waals surface area contributed by atoms with Crippen LogP contribution in [0.3, 0.4) is 0 Å². The van der Waals surface area contributed by atoms with Gasteiger partial charge in [0.05, 0.1) is 11.5 Å². The molecule has 2 aromatic rings. The van der Waals surface area contributed by atoms with Gasteiger partial charge in [0, 0.05) is 18.2 Å². The molecule has 1 fully saturated rings. The lowest BCUT2D eigenvalue weighted by Gasteiger charge is -2.01. The molecule has 1 aliphatic heterocycles. The van der Waals surface area contributed by atoms with Crippen LogP contribution in [0.25, 0.3) is 5.65 Å². The van der Waals surface area contributed by atoms with Crippen molar-refractivity contribution in [1.29, 1.82) is 0 Å². The number of aldehydes is 1. The highest BCUT2D eigenvalue weighted by atomic mass is 32.2. The Hall–Kier alpha value is -1.76. The zero-order valence-corrected chi connectivity index (χ0v) is 11.0. The van der Waals surface area contributed by atoms with Crippen LogP contribution in [0.15, 0.2) is 18.3 Å². The Morgan fingerprint density at radius 1 is 1.42 bits per heavy atom. The van der Waals surface area contributed by atoms with Gasteiger partial charge in [0.25, 0.3) is 0 Å². The second kappa shape index (κ2) is 4.41. The smallest absolute Gasteiger partial charge is 0.155 e. The van der Waals surface area contributed by atoms with Gasteiger partial charge < -0.3 is 0 Å². The van der Waals surface area contributed by atoms with E-state index >= 15 is 0 Å². The summed E-state index contributed by atoms with van der Waals surface area (Å²) in [4.78, 5) is 15.0. The first-order valence-corrected chi connectivity index (χ1v) is 7.89. The predicted octanol–water partition coefficient (Wildman–Crippen LogP) is 0.519. The van der Waals surface area contributed by atoms with Crippen LogP contribution in [0.5, 0.6) is 0 Å². The molecule has 2 aromatic heterocycles. The van der Waals surface area contributed by atoms with Crippen molar-refractivity contribution in [1.82, 2.24) is 14.6 Å². The van der Waals surface area contributed by atoms with Crippen molar-refractivity contribution in [2.75, 3.05) is 11.5 Å². The van der Waals surface area contributed by atoms with Crippen LogP contribution in [-0.2, 0) is 16.3 Å². The third-order valence-corrected chi connectivity index (χ3v) is 5.17. The first-order valence-electron chi connectivity index (χ1n) is 6.07. The molecule has 1 saturated heterocycles. The molecule has 19 heavy (non-hydrogen) atoms. The van der Waals surface area contributed by atoms with E-state index in [2.05, 4.69) is 10.1 Å². The molecule has 3 heterocycles. The average molecular weight is 279 g/mol. The lowest BCUT2D eigenvalue weighted by molar-refractivity contribution is 0.112. The fourth-order valence-corrected chi connectivity index (χ4v) is 4.25. The van der Waals surface area contributed by atoms with Crippen LogP contribution in [-0.4, -0.2) is 40.8 Å². The second-order valence-corrected chi connectivity index (χ2v) is 7.11. The molecule has 1 atom stereocenters. The van der Waals surface area contributed by atoms with Crippen LogP contribution in [0, 0.1) is 5.92 Å². The van der Waals surface area contributed by atoms with Crippen molar-refractivity contribution in [2.24, 2.45) is 5.92 Å². The SMILES string of the molecule is O=Cc1ccc2nc(CC3CCS(=O)(=O)C3)nn2c1. The molecule has 0 spiro atoms. The van der Waals surface area contributed by atoms with Gasteiger partial charge in [-0.05, 0) is 24.5 Å². The zero-order chi connectivity index (χ0) is 13.5. The van der Waals surface area contributed by atoms with Crippen LogP contribution in [0.2, 0.25) is 0 Å². The minimum absolute atomic E-state index is 0.105. The summed E-state index contributed by atoms with van der Waals surface area (Å²) in [7, 11) is -2.86. The van der Waals surface area contributed by atoms with Gasteiger partial charge in [0.15, 0.2) is 27.6 Å². The molecule has 0 aromatic carbocycles. The number of pyridine rings is 1. The first kappa shape index (κ1) is 12.3. The third kappa shape index (κ3) is 2.51. The van der Waals surface area contributed by atoms with E-state index in [1.54, 1.807) is 22.8 Å². The van der Waals surface area contributed by atoms with E-state index < -0.39 is 9.84 Å². The minimum atomic E-state index is -2.86. The molecule has 1 aliphatic rings. The van der Waals surface area contributed by atoms with Crippen molar-refractivity contribution in [2.45, 2.75) is 12.8 Å². The summed E-state index contributed by atoms with van der Waals surface area (Å²) in [6.07, 6.45) is 3.61. The van der Waals surface area contributed by atoms with E-state index in [1.165, 1.54) is 0 Å². The fourth-order valence-electron chi connectivity index (χ4n) is 2.39. The molecule has 0 bridgehead atoms. The highest BCUT2D eigenvalue weighted by molar-refractivity contribution is 7.91. The van der Waals surface area contributed by atoms with Crippen molar-refractivity contribution in [3.8, 4) is 0 Å². The van der Waals surface area contributed by atoms with E-state index in [9.17, 15) is 13.2 Å². The Kier molecular flexibility index (Phi) is 2.85. The van der Waals surface area contributed by atoms with E-state index in [1.807, 2.05) is 0 Å². The molecule has 1 unspecified atom stereocenters. The number of carbonyl (C=O) groups is 1. The van der Waals surface area contributed by atoms with E-state index in [0.29, 0.717) is 29.9 Å². The fraction of sp³-hybridized carbons (Fsp3) is 0.417. The quantitative estimate of drug-likeness (QED) is 0.765. The number of hydrogen-bond acceptors (Lipinski definition) is 5. The molecular weight excluding hydrogens is 266 g/mol. The lowest BCUT2D eigenvalue weighted by atomic mass is 10.1. The summed E-state index contributed by atoms with van der Waals surface area (Å²) in [5.41, 5.74) is 1.20. The number of hydrogen-bond donors (Lipinski definition) is 0. The van der Waals surface area contributed by atoms with Gasteiger partial charge in [-0.25, -0.2) is 17.9 Å². The van der Waals surface area contributed by atoms with Crippen molar-refractivity contribution >= 4 is 21.8 Å². The third-order valence-electron chi connectivity index (χ3n) is 3.33. The standard InChI is InChI=1S/C12H13N3O3S/c16-7-10-1-2-12-13-11(14-15(12)6-10)5-9-3-4-19(17,18)8-9/h1-2,6-7,9H,3-5,8H2. The summed E-state index contributed by atoms with van der Waals surface area (Å²) < 4.78 is 24.4. The number of carbonyl (C=O) groups excluding carboxylic acids is 1. The van der Waals surface area contributed by atoms with Crippen LogP contribution in [0.4, 0.5) is 0 Å². The molecule has 7 heteroatoms. The molecule has 6 nitrogen and oxygen atoms in total. The molecule has 0 aliphatic carbocycles. The Labute approximate surface area is 110 Å². The lowest BCUT2D eigenvalue weighted by Crippen LogP contribution is -2.08. The Balaban J connectivity index is 1.84. The monoisotopic (exact) mass is 279 g/mol. The summed E-state index contributed by atoms with van der Waals surface area (Å²) in [6, 6.07) is 3.41. The zero-order valence-electron chi connectivity index (χ0n) is 10.2. The van der Waals surface area contributed by atoms with E-state index in [4.69, 9.17) is 0 Å². The van der Waals surface area contributed by atoms with Gasteiger partial charge in [-0.15, -0.1) is 0 Å². The minimum Gasteiger partial charge on any atom is -0.298 e. The summed E-state index contributed by atoms with van der Waals surface area (Å²) in [5.74, 6) is 1.22. The molecule has 0 saturated carbocycles. The Morgan fingerprint density at radius 2 is 2.26 bits per heavy atom. The highest BCUT2D eigenvalue weighted by Crippen LogP contribution is 2.21. The number of nitrogens with zero attached hydrogens (tertiary/aromatic N) is 3. The highest BCUT2D eigenvalue weighted by Gasteiger charge is 2.28. The Morgan fingerprint density at radius 3 is 2.95 bits per heavy atom. The van der Waals surface area contributed by atoms with E-state index in [0.717, 1.165) is 6.29 Å². The van der Waals surface area contributed by atoms with Crippen molar-refractivity contribution in [3.05, 3.63) is 29.7 Å². The normalized spacial score (nSPS) is 21.8. The number of rotatable bonds is 3. The van der Waals surface area contributed by atoms with Gasteiger partial charge in [0.1, 0.15) is 0 Å². The van der Waals surface area contributed by atoms with Crippen molar-refractivity contribution in [3.63, 3.8) is 0 Å². The second-order valence-electron chi connectivity index (χ2n) is 4.88. The number of fused-ring (bicyclic) bond motifs is 1. The number of aromatic nitrogens is 3. The van der Waals surface area contributed by atoms with Crippen molar-refractivity contribution < 1.29 is 13.2 Å². The largest absolute Gasteiger partial charge is 0.298 e. The average Bonchev–Trinajstić information content (AvgIpc) is 2.91. The maximum absolute atomic E-state index is 11.4. The molecule has 100 valence electrons. The van der Waals surface area contributed by atoms with Gasteiger partial charge in [0.2, 0.25) is 0 Å². The number of sulfone groups is 1. The molecular formula is C12H13N3O3S. The van der Waals surface area contributed by atoms with Crippen LogP contribution >= 0.6 is 0 Å². The van der Waals surface area contributed by atoms with Gasteiger partial charge in [-0.1, -0.05) is 0 Å². The molecule has 3 rings (SSSR count). The predicted molar refractivity (Wildman–Crippen MR) is 68.8 cm³/mol. The van der Waals surface area contributed by atoms with Gasteiger partial charge >= 0.3 is 0 Å². The topological polar surface area (TPSA) is 81.4 Å². The molecule has 0 amide bonds. The van der Waals surface area contributed by atoms with Crippen LogP contribution in [0.1, 0.15) is 22.6 Å². The van der Waals surface area contributed by atoms with Crippen LogP contribution < -0.4 is 0 Å². The maximum atomic E-state index is 11.4. The molecule has 0 radical (unpaired) electrons. The maximum Gasteiger partial charge on any atom is 0.155 e.